The molecule has 1 aromatic carbocycles. The van der Waals surface area contributed by atoms with E-state index in [2.05, 4.69) is 31.3 Å². The molecule has 2 aliphatic heterocycles. The van der Waals surface area contributed by atoms with Crippen molar-refractivity contribution in [2.45, 2.75) is 37.9 Å². The summed E-state index contributed by atoms with van der Waals surface area (Å²) in [5.74, 6) is 0.516. The Bertz CT molecular complexity index is 951. The van der Waals surface area contributed by atoms with Crippen LogP contribution in [0.1, 0.15) is 53.1 Å². The fraction of sp³-hybridized carbons (Fsp3) is 0.500. The van der Waals surface area contributed by atoms with E-state index in [0.717, 1.165) is 25.9 Å². The monoisotopic (exact) mass is 459 g/mol. The van der Waals surface area contributed by atoms with E-state index in [4.69, 9.17) is 4.74 Å². The van der Waals surface area contributed by atoms with E-state index in [9.17, 15) is 9.59 Å². The summed E-state index contributed by atoms with van der Waals surface area (Å²) in [6.45, 7) is 2.15. The summed E-state index contributed by atoms with van der Waals surface area (Å²) in [6, 6.07) is 5.25. The van der Waals surface area contributed by atoms with E-state index in [1.165, 1.54) is 0 Å². The second-order valence-electron chi connectivity index (χ2n) is 7.89. The first-order chi connectivity index (χ1) is 14.1. The third kappa shape index (κ3) is 3.57. The zero-order chi connectivity index (χ0) is 20.0. The molecule has 8 nitrogen and oxygen atoms in total. The minimum Gasteiger partial charge on any atom is -0.381 e. The van der Waals surface area contributed by atoms with Crippen molar-refractivity contribution < 1.29 is 14.3 Å². The van der Waals surface area contributed by atoms with Crippen molar-refractivity contribution in [2.24, 2.45) is 5.92 Å². The predicted molar refractivity (Wildman–Crippen MR) is 107 cm³/mol. The van der Waals surface area contributed by atoms with Crippen molar-refractivity contribution in [1.82, 2.24) is 25.0 Å². The lowest BCUT2D eigenvalue weighted by molar-refractivity contribution is -0.125. The molecule has 0 radical (unpaired) electrons. The Morgan fingerprint density at radius 1 is 1.31 bits per heavy atom. The number of fused-ring (bicyclic) bond motifs is 1. The molecule has 29 heavy (non-hydrogen) atoms. The first kappa shape index (κ1) is 18.7. The summed E-state index contributed by atoms with van der Waals surface area (Å²) in [6.07, 6.45) is 4.88. The fourth-order valence-electron chi connectivity index (χ4n) is 4.01. The van der Waals surface area contributed by atoms with E-state index in [-0.39, 0.29) is 18.4 Å². The number of nitrogens with one attached hydrogen (secondary N) is 1. The Morgan fingerprint density at radius 3 is 2.93 bits per heavy atom. The Morgan fingerprint density at radius 2 is 2.17 bits per heavy atom. The molecule has 3 heterocycles. The van der Waals surface area contributed by atoms with Crippen molar-refractivity contribution in [3.63, 3.8) is 0 Å². The number of aromatic nitrogens is 3. The number of rotatable bonds is 6. The number of hydrogen-bond acceptors (Lipinski definition) is 5. The number of carbonyl (C=O) groups excluding carboxylic acids is 2. The summed E-state index contributed by atoms with van der Waals surface area (Å²) >= 11 is 3.47. The van der Waals surface area contributed by atoms with Crippen molar-refractivity contribution in [3.8, 4) is 0 Å². The molecule has 2 fully saturated rings. The molecular weight excluding hydrogens is 438 g/mol. The highest BCUT2D eigenvalue weighted by molar-refractivity contribution is 9.10. The van der Waals surface area contributed by atoms with E-state index in [1.54, 1.807) is 11.2 Å². The molecule has 1 saturated carbocycles. The number of ether oxygens (including phenoxy) is 1. The van der Waals surface area contributed by atoms with Crippen molar-refractivity contribution in [1.29, 1.82) is 0 Å². The molecule has 0 spiro atoms. The zero-order valence-corrected chi connectivity index (χ0v) is 17.5. The molecule has 3 aliphatic rings. The first-order valence-electron chi connectivity index (χ1n) is 9.96. The van der Waals surface area contributed by atoms with Crippen LogP contribution in [0.15, 0.2) is 29.0 Å². The van der Waals surface area contributed by atoms with E-state index in [0.29, 0.717) is 46.5 Å². The predicted octanol–water partition coefficient (Wildman–Crippen LogP) is 2.23. The van der Waals surface area contributed by atoms with Gasteiger partial charge in [-0.25, -0.2) is 9.67 Å². The second kappa shape index (κ2) is 7.53. The van der Waals surface area contributed by atoms with Crippen LogP contribution in [0, 0.1) is 5.92 Å². The van der Waals surface area contributed by atoms with Gasteiger partial charge >= 0.3 is 0 Å². The lowest BCUT2D eigenvalue weighted by Crippen LogP contribution is -2.40. The van der Waals surface area contributed by atoms with Crippen LogP contribution in [0.4, 0.5) is 0 Å². The van der Waals surface area contributed by atoms with Gasteiger partial charge in [-0.2, -0.15) is 5.10 Å². The van der Waals surface area contributed by atoms with Gasteiger partial charge in [-0.3, -0.25) is 9.59 Å². The smallest absolute Gasteiger partial charge is 0.256 e. The van der Waals surface area contributed by atoms with Crippen LogP contribution in [0.3, 0.4) is 0 Å². The van der Waals surface area contributed by atoms with Gasteiger partial charge in [0.2, 0.25) is 5.91 Å². The summed E-state index contributed by atoms with van der Waals surface area (Å²) in [5, 5.41) is 7.53. The van der Waals surface area contributed by atoms with Gasteiger partial charge in [-0.1, -0.05) is 12.1 Å². The molecule has 2 unspecified atom stereocenters. The largest absolute Gasteiger partial charge is 0.381 e. The van der Waals surface area contributed by atoms with Gasteiger partial charge in [-0.15, -0.1) is 0 Å². The number of benzene rings is 1. The molecule has 2 atom stereocenters. The van der Waals surface area contributed by atoms with Crippen LogP contribution >= 0.6 is 15.9 Å². The Kier molecular flexibility index (Phi) is 4.87. The maximum atomic E-state index is 13.2. The third-order valence-corrected chi connectivity index (χ3v) is 6.41. The fourth-order valence-corrected chi connectivity index (χ4v) is 4.56. The van der Waals surface area contributed by atoms with Gasteiger partial charge in [-0.05, 0) is 46.8 Å². The lowest BCUT2D eigenvalue weighted by Gasteiger charge is -2.24. The van der Waals surface area contributed by atoms with Gasteiger partial charge in [0, 0.05) is 23.5 Å². The SMILES string of the molecule is O=C(NCC1CCOC1)C1c2cccc(Br)c2C(=O)N1Cc1ncn(C2CC2)n1. The van der Waals surface area contributed by atoms with Crippen LogP contribution in [-0.4, -0.2) is 51.2 Å². The maximum Gasteiger partial charge on any atom is 0.256 e. The number of amides is 2. The van der Waals surface area contributed by atoms with Gasteiger partial charge in [0.15, 0.2) is 5.82 Å². The minimum atomic E-state index is -0.690. The van der Waals surface area contributed by atoms with Crippen LogP contribution < -0.4 is 5.32 Å². The van der Waals surface area contributed by atoms with E-state index >= 15 is 0 Å². The molecule has 2 aromatic rings. The van der Waals surface area contributed by atoms with Crippen LogP contribution in [0.25, 0.3) is 0 Å². The van der Waals surface area contributed by atoms with Gasteiger partial charge < -0.3 is 15.0 Å². The van der Waals surface area contributed by atoms with Crippen molar-refractivity contribution in [2.75, 3.05) is 19.8 Å². The minimum absolute atomic E-state index is 0.177. The highest BCUT2D eigenvalue weighted by atomic mass is 79.9. The molecule has 1 N–H and O–H groups in total. The average Bonchev–Trinajstić information content (AvgIpc) is 3.12. The number of hydrogen-bond donors (Lipinski definition) is 1. The summed E-state index contributed by atoms with van der Waals surface area (Å²) in [5.41, 5.74) is 1.25. The molecule has 1 saturated heterocycles. The number of halogens is 1. The van der Waals surface area contributed by atoms with E-state index < -0.39 is 6.04 Å². The van der Waals surface area contributed by atoms with Gasteiger partial charge in [0.25, 0.3) is 5.91 Å². The maximum absolute atomic E-state index is 13.2. The Hall–Kier alpha value is -2.26. The Labute approximate surface area is 176 Å². The summed E-state index contributed by atoms with van der Waals surface area (Å²) < 4.78 is 7.94. The molecule has 0 bridgehead atoms. The third-order valence-electron chi connectivity index (χ3n) is 5.75. The van der Waals surface area contributed by atoms with Crippen molar-refractivity contribution >= 4 is 27.7 Å². The molecule has 2 amide bonds. The highest BCUT2D eigenvalue weighted by Crippen LogP contribution is 2.39. The van der Waals surface area contributed by atoms with Gasteiger partial charge in [0.1, 0.15) is 12.4 Å². The normalized spacial score (nSPS) is 23.5. The van der Waals surface area contributed by atoms with Crippen LogP contribution in [0.2, 0.25) is 0 Å². The van der Waals surface area contributed by atoms with E-state index in [1.807, 2.05) is 22.9 Å². The van der Waals surface area contributed by atoms with Crippen molar-refractivity contribution in [3.05, 3.63) is 46.0 Å². The zero-order valence-electron chi connectivity index (χ0n) is 15.9. The molecule has 9 heteroatoms. The average molecular weight is 460 g/mol. The second-order valence-corrected chi connectivity index (χ2v) is 8.74. The molecule has 152 valence electrons. The Balaban J connectivity index is 1.40. The van der Waals surface area contributed by atoms with Gasteiger partial charge in [0.05, 0.1) is 24.8 Å². The molecular formula is C20H22BrN5O3. The van der Waals surface area contributed by atoms with Crippen LogP contribution in [-0.2, 0) is 16.1 Å². The lowest BCUT2D eigenvalue weighted by atomic mass is 10.0. The molecule has 5 rings (SSSR count). The standard InChI is InChI=1S/C20H22BrN5O3/c21-15-3-1-2-14-17(15)20(28)25(9-16-23-11-26(24-16)13-4-5-13)18(14)19(27)22-8-12-6-7-29-10-12/h1-3,11-13,18H,4-10H2,(H,22,27). The quantitative estimate of drug-likeness (QED) is 0.715. The molecule has 1 aromatic heterocycles. The topological polar surface area (TPSA) is 89.4 Å². The summed E-state index contributed by atoms with van der Waals surface area (Å²) in [7, 11) is 0. The molecule has 1 aliphatic carbocycles. The number of nitrogens with zero attached hydrogens (tertiary/aromatic N) is 4. The van der Waals surface area contributed by atoms with Crippen LogP contribution in [0.5, 0.6) is 0 Å². The number of carbonyl (C=O) groups is 2. The highest BCUT2D eigenvalue weighted by Gasteiger charge is 2.43. The summed E-state index contributed by atoms with van der Waals surface area (Å²) in [4.78, 5) is 32.3. The first-order valence-corrected chi connectivity index (χ1v) is 10.8.